The van der Waals surface area contributed by atoms with Crippen molar-refractivity contribution in [2.75, 3.05) is 18.1 Å². The van der Waals surface area contributed by atoms with Crippen molar-refractivity contribution in [3.63, 3.8) is 0 Å². The summed E-state index contributed by atoms with van der Waals surface area (Å²) in [6.07, 6.45) is 0.782. The van der Waals surface area contributed by atoms with Crippen molar-refractivity contribution in [3.8, 4) is 0 Å². The van der Waals surface area contributed by atoms with Crippen LogP contribution in [0.3, 0.4) is 0 Å². The highest BCUT2D eigenvalue weighted by Gasteiger charge is 2.11. The highest BCUT2D eigenvalue weighted by Crippen LogP contribution is 2.01. The minimum atomic E-state index is -3.50. The Bertz CT molecular complexity index is 386. The summed E-state index contributed by atoms with van der Waals surface area (Å²) < 4.78 is 46.2. The Labute approximate surface area is 97.7 Å². The zero-order valence-electron chi connectivity index (χ0n) is 9.64. The molecular weight excluding hydrogens is 252 g/mol. The zero-order chi connectivity index (χ0) is 12.8. The molecule has 0 rings (SSSR count). The van der Waals surface area contributed by atoms with Gasteiger partial charge in [-0.15, -0.1) is 0 Å². The zero-order valence-corrected chi connectivity index (χ0v) is 11.3. The van der Waals surface area contributed by atoms with Crippen molar-refractivity contribution in [3.05, 3.63) is 0 Å². The number of hydrogen-bond donors (Lipinski definition) is 2. The van der Waals surface area contributed by atoms with Crippen LogP contribution in [0.5, 0.6) is 0 Å². The minimum Gasteiger partial charge on any atom is -0.229 e. The molecule has 0 saturated carbocycles. The van der Waals surface area contributed by atoms with Crippen LogP contribution in [0.15, 0.2) is 0 Å². The van der Waals surface area contributed by atoms with Crippen molar-refractivity contribution in [2.45, 2.75) is 26.7 Å². The van der Waals surface area contributed by atoms with Gasteiger partial charge in [0.1, 0.15) is 0 Å². The predicted molar refractivity (Wildman–Crippen MR) is 63.8 cm³/mol. The lowest BCUT2D eigenvalue weighted by atomic mass is 10.2. The van der Waals surface area contributed by atoms with Crippen LogP contribution in [0, 0.1) is 5.92 Å². The van der Waals surface area contributed by atoms with E-state index in [1.165, 1.54) is 0 Å². The van der Waals surface area contributed by atoms with Gasteiger partial charge < -0.3 is 0 Å². The van der Waals surface area contributed by atoms with Crippen molar-refractivity contribution in [2.24, 2.45) is 11.1 Å². The van der Waals surface area contributed by atoms with Crippen LogP contribution in [0.2, 0.25) is 0 Å². The van der Waals surface area contributed by atoms with Crippen LogP contribution >= 0.6 is 0 Å². The normalized spacial score (nSPS) is 13.2. The number of nitrogens with one attached hydrogen (secondary N) is 1. The summed E-state index contributed by atoms with van der Waals surface area (Å²) >= 11 is 0. The minimum absolute atomic E-state index is 0.0695. The third-order valence-electron chi connectivity index (χ3n) is 1.89. The molecule has 0 heterocycles. The van der Waals surface area contributed by atoms with E-state index in [2.05, 4.69) is 4.72 Å². The van der Waals surface area contributed by atoms with Gasteiger partial charge in [0.2, 0.25) is 20.0 Å². The first-order valence-electron chi connectivity index (χ1n) is 5.10. The maximum Gasteiger partial charge on any atom is 0.211 e. The summed E-state index contributed by atoms with van der Waals surface area (Å²) in [5.41, 5.74) is 0. The number of primary sulfonamides is 1. The Morgan fingerprint density at radius 3 is 2.12 bits per heavy atom. The van der Waals surface area contributed by atoms with Gasteiger partial charge in [0, 0.05) is 6.54 Å². The Hall–Kier alpha value is -0.180. The van der Waals surface area contributed by atoms with Crippen LogP contribution in [-0.2, 0) is 20.0 Å². The molecule has 0 aliphatic heterocycles. The van der Waals surface area contributed by atoms with E-state index in [1.54, 1.807) is 0 Å². The standard InChI is InChI=1S/C8H20N2O4S2/c1-8(2)4-7-16(13,14)10-5-3-6-15(9,11)12/h8,10H,3-7H2,1-2H3,(H2,9,11,12). The molecule has 0 amide bonds. The lowest BCUT2D eigenvalue weighted by Crippen LogP contribution is -2.29. The molecule has 6 nitrogen and oxygen atoms in total. The number of hydrogen-bond acceptors (Lipinski definition) is 4. The van der Waals surface area contributed by atoms with Gasteiger partial charge in [-0.25, -0.2) is 26.7 Å². The van der Waals surface area contributed by atoms with Gasteiger partial charge in [0.25, 0.3) is 0 Å². The molecule has 0 radical (unpaired) electrons. The highest BCUT2D eigenvalue weighted by molar-refractivity contribution is 7.89. The Balaban J connectivity index is 3.84. The fraction of sp³-hybridized carbons (Fsp3) is 1.00. The molecule has 8 heteroatoms. The molecule has 0 aromatic heterocycles. The van der Waals surface area contributed by atoms with Crippen LogP contribution in [0.4, 0.5) is 0 Å². The van der Waals surface area contributed by atoms with Crippen LogP contribution < -0.4 is 9.86 Å². The molecule has 0 aliphatic rings. The fourth-order valence-corrected chi connectivity index (χ4v) is 2.89. The van der Waals surface area contributed by atoms with Crippen molar-refractivity contribution in [1.82, 2.24) is 4.72 Å². The molecule has 98 valence electrons. The second-order valence-corrected chi connectivity index (χ2v) is 7.78. The summed E-state index contributed by atoms with van der Waals surface area (Å²) in [5, 5.41) is 4.78. The molecule has 0 unspecified atom stereocenters. The van der Waals surface area contributed by atoms with Crippen molar-refractivity contribution in [1.29, 1.82) is 0 Å². The maximum absolute atomic E-state index is 11.4. The fourth-order valence-electron chi connectivity index (χ4n) is 0.964. The van der Waals surface area contributed by atoms with Gasteiger partial charge in [0.05, 0.1) is 11.5 Å². The van der Waals surface area contributed by atoms with Crippen molar-refractivity contribution < 1.29 is 16.8 Å². The van der Waals surface area contributed by atoms with E-state index in [1.807, 2.05) is 13.8 Å². The Morgan fingerprint density at radius 1 is 1.12 bits per heavy atom. The van der Waals surface area contributed by atoms with Crippen LogP contribution in [0.1, 0.15) is 26.7 Å². The van der Waals surface area contributed by atoms with E-state index >= 15 is 0 Å². The van der Waals surface area contributed by atoms with E-state index in [0.29, 0.717) is 12.3 Å². The second kappa shape index (κ2) is 6.53. The Morgan fingerprint density at radius 2 is 1.69 bits per heavy atom. The average Bonchev–Trinajstić information content (AvgIpc) is 2.08. The van der Waals surface area contributed by atoms with E-state index in [9.17, 15) is 16.8 Å². The van der Waals surface area contributed by atoms with Gasteiger partial charge >= 0.3 is 0 Å². The first-order chi connectivity index (χ1) is 7.12. The Kier molecular flexibility index (Phi) is 6.46. The summed E-state index contributed by atoms with van der Waals surface area (Å²) in [5.74, 6) is 0.181. The molecule has 0 aromatic rings. The lowest BCUT2D eigenvalue weighted by molar-refractivity contribution is 0.560. The van der Waals surface area contributed by atoms with Crippen molar-refractivity contribution >= 4 is 20.0 Å². The first-order valence-corrected chi connectivity index (χ1v) is 8.47. The van der Waals surface area contributed by atoms with Gasteiger partial charge in [0.15, 0.2) is 0 Å². The van der Waals surface area contributed by atoms with E-state index < -0.39 is 20.0 Å². The SMILES string of the molecule is CC(C)CCS(=O)(=O)NCCCS(N)(=O)=O. The average molecular weight is 272 g/mol. The number of sulfonamides is 2. The number of nitrogens with two attached hydrogens (primary N) is 1. The third-order valence-corrected chi connectivity index (χ3v) is 4.17. The molecule has 0 spiro atoms. The summed E-state index contributed by atoms with van der Waals surface area (Å²) in [7, 11) is -6.78. The van der Waals surface area contributed by atoms with E-state index in [4.69, 9.17) is 5.14 Å². The van der Waals surface area contributed by atoms with Gasteiger partial charge in [-0.05, 0) is 18.8 Å². The quantitative estimate of drug-likeness (QED) is 0.588. The van der Waals surface area contributed by atoms with Gasteiger partial charge in [-0.1, -0.05) is 13.8 Å². The summed E-state index contributed by atoms with van der Waals surface area (Å²) in [4.78, 5) is 0. The lowest BCUT2D eigenvalue weighted by Gasteiger charge is -2.07. The molecule has 0 aliphatic carbocycles. The first kappa shape index (κ1) is 15.8. The van der Waals surface area contributed by atoms with Gasteiger partial charge in [-0.3, -0.25) is 0 Å². The summed E-state index contributed by atoms with van der Waals surface area (Å²) in [6, 6.07) is 0. The summed E-state index contributed by atoms with van der Waals surface area (Å²) in [6.45, 7) is 3.99. The van der Waals surface area contributed by atoms with E-state index in [-0.39, 0.29) is 24.5 Å². The molecule has 0 saturated heterocycles. The molecule has 0 atom stereocenters. The monoisotopic (exact) mass is 272 g/mol. The molecule has 0 fully saturated rings. The molecule has 0 bridgehead atoms. The number of rotatable bonds is 8. The molecule has 0 aromatic carbocycles. The second-order valence-electron chi connectivity index (χ2n) is 4.12. The largest absolute Gasteiger partial charge is 0.229 e. The topological polar surface area (TPSA) is 106 Å². The van der Waals surface area contributed by atoms with Crippen LogP contribution in [-0.4, -0.2) is 34.9 Å². The molecular formula is C8H20N2O4S2. The highest BCUT2D eigenvalue weighted by atomic mass is 32.2. The molecule has 16 heavy (non-hydrogen) atoms. The smallest absolute Gasteiger partial charge is 0.211 e. The molecule has 3 N–H and O–H groups in total. The van der Waals surface area contributed by atoms with Crippen LogP contribution in [0.25, 0.3) is 0 Å². The predicted octanol–water partition coefficient (Wildman–Crippen LogP) is -0.369. The van der Waals surface area contributed by atoms with Gasteiger partial charge in [-0.2, -0.15) is 0 Å². The van der Waals surface area contributed by atoms with E-state index in [0.717, 1.165) is 0 Å². The third kappa shape index (κ3) is 10.3. The maximum atomic E-state index is 11.4.